The number of cyclic esters (lactones) is 1. The second-order valence-electron chi connectivity index (χ2n) is 2.92. The molecule has 0 aromatic heterocycles. The number of aliphatic hydroxyl groups excluding tert-OH is 1. The summed E-state index contributed by atoms with van der Waals surface area (Å²) in [6, 6.07) is 0. The van der Waals surface area contributed by atoms with Crippen molar-refractivity contribution >= 4 is 5.97 Å². The Balaban J connectivity index is 2.92. The van der Waals surface area contributed by atoms with E-state index in [0.717, 1.165) is 0 Å². The first-order valence-electron chi connectivity index (χ1n) is 3.05. The van der Waals surface area contributed by atoms with Crippen LogP contribution in [0, 0.1) is 0 Å². The predicted octanol–water partition coefficient (Wildman–Crippen LogP) is 0.239. The van der Waals surface area contributed by atoms with Crippen molar-refractivity contribution in [3.63, 3.8) is 0 Å². The van der Waals surface area contributed by atoms with E-state index in [-0.39, 0.29) is 5.57 Å². The SMILES string of the molecule is C=C1C(=O)OC(C)(C)C1O. The van der Waals surface area contributed by atoms with Crippen molar-refractivity contribution in [1.29, 1.82) is 0 Å². The molecule has 1 heterocycles. The molecule has 1 aliphatic rings. The zero-order chi connectivity index (χ0) is 7.94. The molecule has 0 saturated carbocycles. The van der Waals surface area contributed by atoms with Gasteiger partial charge in [-0.15, -0.1) is 0 Å². The minimum atomic E-state index is -0.861. The Morgan fingerprint density at radius 1 is 1.70 bits per heavy atom. The highest BCUT2D eigenvalue weighted by atomic mass is 16.6. The predicted molar refractivity (Wildman–Crippen MR) is 35.3 cm³/mol. The quantitative estimate of drug-likeness (QED) is 0.389. The van der Waals surface area contributed by atoms with Crippen molar-refractivity contribution < 1.29 is 14.6 Å². The van der Waals surface area contributed by atoms with Crippen molar-refractivity contribution in [2.24, 2.45) is 0 Å². The molecule has 1 aliphatic heterocycles. The molecule has 1 fully saturated rings. The van der Waals surface area contributed by atoms with Gasteiger partial charge in [-0.25, -0.2) is 4.79 Å². The van der Waals surface area contributed by atoms with E-state index in [2.05, 4.69) is 6.58 Å². The average Bonchev–Trinajstić information content (AvgIpc) is 1.95. The summed E-state index contributed by atoms with van der Waals surface area (Å²) in [5.41, 5.74) is -0.654. The van der Waals surface area contributed by atoms with Crippen molar-refractivity contribution in [2.75, 3.05) is 0 Å². The Hall–Kier alpha value is -0.830. The molecule has 1 rings (SSSR count). The van der Waals surface area contributed by atoms with E-state index in [1.165, 1.54) is 0 Å². The zero-order valence-electron chi connectivity index (χ0n) is 6.05. The lowest BCUT2D eigenvalue weighted by molar-refractivity contribution is -0.146. The normalized spacial score (nSPS) is 30.5. The highest BCUT2D eigenvalue weighted by Crippen LogP contribution is 2.28. The van der Waals surface area contributed by atoms with Crippen LogP contribution in [0.25, 0.3) is 0 Å². The Labute approximate surface area is 59.3 Å². The molecule has 10 heavy (non-hydrogen) atoms. The largest absolute Gasteiger partial charge is 0.453 e. The fourth-order valence-electron chi connectivity index (χ4n) is 0.891. The molecule has 0 amide bonds. The van der Waals surface area contributed by atoms with Crippen LogP contribution in [0.2, 0.25) is 0 Å². The van der Waals surface area contributed by atoms with Gasteiger partial charge >= 0.3 is 5.97 Å². The molecule has 1 N–H and O–H groups in total. The van der Waals surface area contributed by atoms with E-state index in [1.54, 1.807) is 13.8 Å². The standard InChI is InChI=1S/C7H10O3/c1-4-5(8)7(2,3)10-6(4)9/h5,8H,1H2,2-3H3. The first-order valence-corrected chi connectivity index (χ1v) is 3.05. The van der Waals surface area contributed by atoms with Gasteiger partial charge in [-0.05, 0) is 13.8 Å². The van der Waals surface area contributed by atoms with Gasteiger partial charge in [0.2, 0.25) is 0 Å². The molecule has 0 aliphatic carbocycles. The number of ether oxygens (including phenoxy) is 1. The maximum absolute atomic E-state index is 10.7. The van der Waals surface area contributed by atoms with Crippen molar-refractivity contribution in [1.82, 2.24) is 0 Å². The summed E-state index contributed by atoms with van der Waals surface area (Å²) in [5.74, 6) is -0.502. The molecule has 56 valence electrons. The molecule has 0 spiro atoms. The lowest BCUT2D eigenvalue weighted by Crippen LogP contribution is -2.32. The van der Waals surface area contributed by atoms with E-state index < -0.39 is 17.7 Å². The molecule has 1 saturated heterocycles. The van der Waals surface area contributed by atoms with Crippen molar-refractivity contribution in [3.05, 3.63) is 12.2 Å². The Bertz CT molecular complexity index is 193. The van der Waals surface area contributed by atoms with Crippen molar-refractivity contribution in [3.8, 4) is 0 Å². The monoisotopic (exact) mass is 142 g/mol. The van der Waals surface area contributed by atoms with Crippen LogP contribution >= 0.6 is 0 Å². The number of esters is 1. The summed E-state index contributed by atoms with van der Waals surface area (Å²) in [7, 11) is 0. The molecule has 1 atom stereocenters. The number of aliphatic hydroxyl groups is 1. The van der Waals surface area contributed by atoms with Crippen LogP contribution in [0.1, 0.15) is 13.8 Å². The molecule has 0 bridgehead atoms. The number of rotatable bonds is 0. The van der Waals surface area contributed by atoms with Gasteiger partial charge < -0.3 is 9.84 Å². The van der Waals surface area contributed by atoms with Gasteiger partial charge in [0, 0.05) is 0 Å². The highest BCUT2D eigenvalue weighted by Gasteiger charge is 2.43. The Kier molecular flexibility index (Phi) is 1.33. The molecular formula is C7H10O3. The van der Waals surface area contributed by atoms with E-state index >= 15 is 0 Å². The zero-order valence-corrected chi connectivity index (χ0v) is 6.05. The topological polar surface area (TPSA) is 46.5 Å². The van der Waals surface area contributed by atoms with Crippen LogP contribution in [0.5, 0.6) is 0 Å². The first kappa shape index (κ1) is 7.28. The van der Waals surface area contributed by atoms with Crippen LogP contribution in [-0.2, 0) is 9.53 Å². The lowest BCUT2D eigenvalue weighted by Gasteiger charge is -2.19. The molecule has 3 nitrogen and oxygen atoms in total. The van der Waals surface area contributed by atoms with Gasteiger partial charge in [0.05, 0.1) is 5.57 Å². The Morgan fingerprint density at radius 2 is 2.20 bits per heavy atom. The summed E-state index contributed by atoms with van der Waals surface area (Å²) in [6.45, 7) is 6.68. The third kappa shape index (κ3) is 0.827. The fraction of sp³-hybridized carbons (Fsp3) is 0.571. The third-order valence-electron chi connectivity index (χ3n) is 1.61. The summed E-state index contributed by atoms with van der Waals surface area (Å²) in [4.78, 5) is 10.7. The molecule has 1 unspecified atom stereocenters. The number of carbonyl (C=O) groups excluding carboxylic acids is 1. The van der Waals surface area contributed by atoms with E-state index in [1.807, 2.05) is 0 Å². The van der Waals surface area contributed by atoms with Crippen LogP contribution in [0.15, 0.2) is 12.2 Å². The van der Waals surface area contributed by atoms with Crippen LogP contribution in [0.3, 0.4) is 0 Å². The third-order valence-corrected chi connectivity index (χ3v) is 1.61. The highest BCUT2D eigenvalue weighted by molar-refractivity contribution is 5.91. The summed E-state index contributed by atoms with van der Waals surface area (Å²) >= 11 is 0. The first-order chi connectivity index (χ1) is 4.45. The summed E-state index contributed by atoms with van der Waals surface area (Å²) < 4.78 is 4.78. The Morgan fingerprint density at radius 3 is 2.30 bits per heavy atom. The van der Waals surface area contributed by atoms with Crippen molar-refractivity contribution in [2.45, 2.75) is 25.6 Å². The molecule has 0 aromatic rings. The maximum atomic E-state index is 10.7. The van der Waals surface area contributed by atoms with E-state index in [0.29, 0.717) is 0 Å². The molecule has 0 radical (unpaired) electrons. The average molecular weight is 142 g/mol. The van der Waals surface area contributed by atoms with Gasteiger partial charge in [0.25, 0.3) is 0 Å². The second-order valence-corrected chi connectivity index (χ2v) is 2.92. The van der Waals surface area contributed by atoms with Crippen LogP contribution in [-0.4, -0.2) is 22.8 Å². The molecule has 3 heteroatoms. The van der Waals surface area contributed by atoms with Gasteiger partial charge in [-0.3, -0.25) is 0 Å². The smallest absolute Gasteiger partial charge is 0.336 e. The maximum Gasteiger partial charge on any atom is 0.336 e. The summed E-state index contributed by atoms with van der Waals surface area (Å²) in [5, 5.41) is 9.25. The molecule has 0 aromatic carbocycles. The van der Waals surface area contributed by atoms with Crippen LogP contribution in [0.4, 0.5) is 0 Å². The second kappa shape index (κ2) is 1.83. The van der Waals surface area contributed by atoms with Crippen LogP contribution < -0.4 is 0 Å². The molecular weight excluding hydrogens is 132 g/mol. The van der Waals surface area contributed by atoms with E-state index in [4.69, 9.17) is 4.74 Å². The van der Waals surface area contributed by atoms with Gasteiger partial charge in [-0.1, -0.05) is 6.58 Å². The number of carbonyl (C=O) groups is 1. The minimum absolute atomic E-state index is 0.144. The lowest BCUT2D eigenvalue weighted by atomic mass is 10.00. The van der Waals surface area contributed by atoms with E-state index in [9.17, 15) is 9.90 Å². The summed E-state index contributed by atoms with van der Waals surface area (Å²) in [6.07, 6.45) is -0.861. The van der Waals surface area contributed by atoms with Gasteiger partial charge in [0.15, 0.2) is 0 Å². The van der Waals surface area contributed by atoms with Gasteiger partial charge in [-0.2, -0.15) is 0 Å². The fourth-order valence-corrected chi connectivity index (χ4v) is 0.891. The minimum Gasteiger partial charge on any atom is -0.453 e. The number of hydrogen-bond acceptors (Lipinski definition) is 3. The number of hydrogen-bond donors (Lipinski definition) is 1. The van der Waals surface area contributed by atoms with Gasteiger partial charge in [0.1, 0.15) is 11.7 Å².